The highest BCUT2D eigenvalue weighted by molar-refractivity contribution is 14.0. The molecule has 6 nitrogen and oxygen atoms in total. The third kappa shape index (κ3) is 7.69. The van der Waals surface area contributed by atoms with Gasteiger partial charge in [-0.05, 0) is 65.2 Å². The van der Waals surface area contributed by atoms with Gasteiger partial charge in [0.05, 0.1) is 0 Å². The van der Waals surface area contributed by atoms with Crippen molar-refractivity contribution >= 4 is 35.8 Å². The number of hydrogen-bond donors (Lipinski definition) is 2. The fourth-order valence-electron chi connectivity index (χ4n) is 4.62. The van der Waals surface area contributed by atoms with E-state index < -0.39 is 0 Å². The molecule has 0 aromatic carbocycles. The number of nitrogens with zero attached hydrogens (tertiary/aromatic N) is 3. The van der Waals surface area contributed by atoms with Crippen molar-refractivity contribution in [2.24, 2.45) is 16.8 Å². The molecule has 0 radical (unpaired) electrons. The van der Waals surface area contributed by atoms with Crippen LogP contribution in [0.5, 0.6) is 0 Å². The van der Waals surface area contributed by atoms with E-state index in [2.05, 4.69) is 48.2 Å². The zero-order chi connectivity index (χ0) is 20.0. The SMILES string of the molecule is CC(C)N(CCCNC(=NCC(=O)N(C)C)NC1CC2CCC1C2)C(C)C.I. The van der Waals surface area contributed by atoms with Gasteiger partial charge < -0.3 is 15.5 Å². The lowest BCUT2D eigenvalue weighted by Crippen LogP contribution is -2.47. The maximum Gasteiger partial charge on any atom is 0.243 e. The molecule has 164 valence electrons. The molecule has 0 heterocycles. The monoisotopic (exact) mass is 507 g/mol. The van der Waals surface area contributed by atoms with Crippen molar-refractivity contribution in [3.63, 3.8) is 0 Å². The van der Waals surface area contributed by atoms with Gasteiger partial charge in [-0.25, -0.2) is 4.99 Å². The maximum absolute atomic E-state index is 11.9. The number of likely N-dealkylation sites (N-methyl/N-ethyl adjacent to an activating group) is 1. The van der Waals surface area contributed by atoms with Crippen LogP contribution in [0.1, 0.15) is 59.8 Å². The number of amides is 1. The molecule has 3 atom stereocenters. The summed E-state index contributed by atoms with van der Waals surface area (Å²) in [7, 11) is 3.56. The molecular formula is C21H42IN5O. The van der Waals surface area contributed by atoms with Crippen LogP contribution in [0.4, 0.5) is 0 Å². The van der Waals surface area contributed by atoms with Crippen LogP contribution in [0.3, 0.4) is 0 Å². The molecule has 7 heteroatoms. The van der Waals surface area contributed by atoms with Crippen molar-refractivity contribution in [1.29, 1.82) is 0 Å². The van der Waals surface area contributed by atoms with Gasteiger partial charge in [-0.3, -0.25) is 9.69 Å². The summed E-state index contributed by atoms with van der Waals surface area (Å²) in [5.74, 6) is 2.52. The van der Waals surface area contributed by atoms with Crippen LogP contribution in [0.15, 0.2) is 4.99 Å². The molecule has 28 heavy (non-hydrogen) atoms. The predicted octanol–water partition coefficient (Wildman–Crippen LogP) is 2.93. The van der Waals surface area contributed by atoms with E-state index in [0.717, 1.165) is 37.3 Å². The standard InChI is InChI=1S/C21H41N5O.HI/c1-15(2)26(16(3)4)11-7-10-22-21(23-14-20(27)25(5)6)24-19-13-17-8-9-18(19)12-17;/h15-19H,7-14H2,1-6H3,(H2,22,23,24);1H. The van der Waals surface area contributed by atoms with Gasteiger partial charge in [0.15, 0.2) is 5.96 Å². The summed E-state index contributed by atoms with van der Waals surface area (Å²) in [5, 5.41) is 7.10. The molecule has 2 rings (SSSR count). The molecule has 0 spiro atoms. The summed E-state index contributed by atoms with van der Waals surface area (Å²) >= 11 is 0. The number of carbonyl (C=O) groups is 1. The van der Waals surface area contributed by atoms with Crippen LogP contribution >= 0.6 is 24.0 Å². The lowest BCUT2D eigenvalue weighted by molar-refractivity contribution is -0.127. The number of hydrogen-bond acceptors (Lipinski definition) is 3. The molecule has 0 aliphatic heterocycles. The van der Waals surface area contributed by atoms with Gasteiger partial charge in [0.1, 0.15) is 6.54 Å². The summed E-state index contributed by atoms with van der Waals surface area (Å²) in [4.78, 5) is 20.6. The minimum absolute atomic E-state index is 0. The first-order valence-electron chi connectivity index (χ1n) is 10.8. The second kappa shape index (κ2) is 12.2. The topological polar surface area (TPSA) is 60.0 Å². The molecule has 1 amide bonds. The van der Waals surface area contributed by atoms with Crippen LogP contribution in [0.25, 0.3) is 0 Å². The number of rotatable bonds is 9. The molecule has 2 aliphatic rings. The van der Waals surface area contributed by atoms with Crippen molar-refractivity contribution < 1.29 is 4.79 Å². The first-order chi connectivity index (χ1) is 12.8. The molecule has 0 aromatic rings. The van der Waals surface area contributed by atoms with Gasteiger partial charge >= 0.3 is 0 Å². The van der Waals surface area contributed by atoms with E-state index in [0.29, 0.717) is 18.1 Å². The highest BCUT2D eigenvalue weighted by Crippen LogP contribution is 2.44. The fraction of sp³-hybridized carbons (Fsp3) is 0.905. The normalized spacial score (nSPS) is 24.0. The number of carbonyl (C=O) groups excluding carboxylic acids is 1. The van der Waals surface area contributed by atoms with E-state index in [1.165, 1.54) is 25.7 Å². The third-order valence-electron chi connectivity index (χ3n) is 6.14. The van der Waals surface area contributed by atoms with Crippen LogP contribution < -0.4 is 10.6 Å². The Labute approximate surface area is 189 Å². The van der Waals surface area contributed by atoms with E-state index in [1.807, 2.05) is 0 Å². The number of halogens is 1. The van der Waals surface area contributed by atoms with Gasteiger partial charge in [0.25, 0.3) is 0 Å². The minimum Gasteiger partial charge on any atom is -0.356 e. The Kier molecular flexibility index (Phi) is 11.1. The molecule has 0 aromatic heterocycles. The van der Waals surface area contributed by atoms with Gasteiger partial charge in [-0.1, -0.05) is 6.42 Å². The van der Waals surface area contributed by atoms with Gasteiger partial charge in [-0.2, -0.15) is 0 Å². The second-order valence-corrected chi connectivity index (χ2v) is 9.08. The first-order valence-corrected chi connectivity index (χ1v) is 10.8. The molecule has 0 saturated heterocycles. The van der Waals surface area contributed by atoms with E-state index >= 15 is 0 Å². The lowest BCUT2D eigenvalue weighted by atomic mass is 9.95. The average molecular weight is 508 g/mol. The molecule has 2 fully saturated rings. The predicted molar refractivity (Wildman–Crippen MR) is 128 cm³/mol. The number of aliphatic imine (C=N–C) groups is 1. The van der Waals surface area contributed by atoms with Crippen molar-refractivity contribution in [2.45, 2.75) is 77.9 Å². The van der Waals surface area contributed by atoms with Crippen LogP contribution in [0, 0.1) is 11.8 Å². The van der Waals surface area contributed by atoms with Crippen LogP contribution in [-0.4, -0.2) is 73.5 Å². The van der Waals surface area contributed by atoms with Crippen LogP contribution in [-0.2, 0) is 4.79 Å². The summed E-state index contributed by atoms with van der Waals surface area (Å²) in [6.45, 7) is 11.2. The zero-order valence-corrected chi connectivity index (χ0v) is 21.0. The zero-order valence-electron chi connectivity index (χ0n) is 18.7. The Morgan fingerprint density at radius 3 is 2.29 bits per heavy atom. The fourth-order valence-corrected chi connectivity index (χ4v) is 4.62. The molecule has 2 N–H and O–H groups in total. The van der Waals surface area contributed by atoms with Crippen molar-refractivity contribution in [1.82, 2.24) is 20.4 Å². The Hall–Kier alpha value is -0.570. The highest BCUT2D eigenvalue weighted by atomic mass is 127. The third-order valence-corrected chi connectivity index (χ3v) is 6.14. The van der Waals surface area contributed by atoms with Gasteiger partial charge in [-0.15, -0.1) is 24.0 Å². The van der Waals surface area contributed by atoms with Gasteiger partial charge in [0, 0.05) is 45.3 Å². The largest absolute Gasteiger partial charge is 0.356 e. The quantitative estimate of drug-likeness (QED) is 0.218. The molecule has 2 aliphatic carbocycles. The van der Waals surface area contributed by atoms with E-state index in [4.69, 9.17) is 0 Å². The molecular weight excluding hydrogens is 465 g/mol. The molecule has 2 saturated carbocycles. The highest BCUT2D eigenvalue weighted by Gasteiger charge is 2.39. The van der Waals surface area contributed by atoms with Gasteiger partial charge in [0.2, 0.25) is 5.91 Å². The number of nitrogens with one attached hydrogen (secondary N) is 2. The number of fused-ring (bicyclic) bond motifs is 2. The van der Waals surface area contributed by atoms with Crippen LogP contribution in [0.2, 0.25) is 0 Å². The number of guanidine groups is 1. The van der Waals surface area contributed by atoms with E-state index in [1.54, 1.807) is 19.0 Å². The van der Waals surface area contributed by atoms with Crippen molar-refractivity contribution in [3.05, 3.63) is 0 Å². The second-order valence-electron chi connectivity index (χ2n) is 9.08. The maximum atomic E-state index is 11.9. The Balaban J connectivity index is 0.00000392. The summed E-state index contributed by atoms with van der Waals surface area (Å²) < 4.78 is 0. The average Bonchev–Trinajstić information content (AvgIpc) is 3.20. The molecule has 3 unspecified atom stereocenters. The first kappa shape index (κ1) is 25.5. The Morgan fingerprint density at radius 1 is 1.11 bits per heavy atom. The van der Waals surface area contributed by atoms with E-state index in [-0.39, 0.29) is 36.4 Å². The van der Waals surface area contributed by atoms with Crippen molar-refractivity contribution in [3.8, 4) is 0 Å². The smallest absolute Gasteiger partial charge is 0.243 e. The van der Waals surface area contributed by atoms with Crippen molar-refractivity contribution in [2.75, 3.05) is 33.7 Å². The lowest BCUT2D eigenvalue weighted by Gasteiger charge is -2.30. The summed E-state index contributed by atoms with van der Waals surface area (Å²) in [5.41, 5.74) is 0. The Morgan fingerprint density at radius 2 is 1.79 bits per heavy atom. The van der Waals surface area contributed by atoms with E-state index in [9.17, 15) is 4.79 Å². The molecule has 2 bridgehead atoms. The Bertz CT molecular complexity index is 501. The summed E-state index contributed by atoms with van der Waals surface area (Å²) in [6, 6.07) is 1.64. The summed E-state index contributed by atoms with van der Waals surface area (Å²) in [6.07, 6.45) is 6.41. The minimum atomic E-state index is 0.